The molecule has 32 heavy (non-hydrogen) atoms. The highest BCUT2D eigenvalue weighted by Gasteiger charge is 2.25. The van der Waals surface area contributed by atoms with Gasteiger partial charge in [0.2, 0.25) is 5.91 Å². The molecule has 0 unspecified atom stereocenters. The van der Waals surface area contributed by atoms with Gasteiger partial charge in [0.15, 0.2) is 5.78 Å². The minimum atomic E-state index is 0.0105. The van der Waals surface area contributed by atoms with Gasteiger partial charge in [-0.2, -0.15) is 0 Å². The molecule has 1 amide bonds. The fourth-order valence-corrected chi connectivity index (χ4v) is 4.38. The molecule has 1 aliphatic heterocycles. The Morgan fingerprint density at radius 2 is 1.59 bits per heavy atom. The molecule has 4 rings (SSSR count). The Kier molecular flexibility index (Phi) is 6.30. The van der Waals surface area contributed by atoms with Gasteiger partial charge in [0.25, 0.3) is 0 Å². The number of anilines is 1. The summed E-state index contributed by atoms with van der Waals surface area (Å²) in [7, 11) is 1.68. The van der Waals surface area contributed by atoms with Crippen LogP contribution in [-0.4, -0.2) is 54.4 Å². The van der Waals surface area contributed by atoms with E-state index in [0.29, 0.717) is 18.7 Å². The lowest BCUT2D eigenvalue weighted by atomic mass is 10.1. The summed E-state index contributed by atoms with van der Waals surface area (Å²) >= 11 is 0. The van der Waals surface area contributed by atoms with E-state index >= 15 is 0 Å². The van der Waals surface area contributed by atoms with Crippen molar-refractivity contribution in [3.05, 3.63) is 71.9 Å². The molecule has 1 aromatic heterocycles. The Morgan fingerprint density at radius 3 is 2.25 bits per heavy atom. The molecule has 0 saturated carbocycles. The fraction of sp³-hybridized carbons (Fsp3) is 0.308. The second-order valence-electron chi connectivity index (χ2n) is 8.08. The topological polar surface area (TPSA) is 54.8 Å². The number of ether oxygens (including phenoxy) is 1. The third kappa shape index (κ3) is 4.26. The minimum Gasteiger partial charge on any atom is -0.495 e. The highest BCUT2D eigenvalue weighted by atomic mass is 16.5. The number of benzene rings is 2. The Labute approximate surface area is 189 Å². The van der Waals surface area contributed by atoms with Crippen molar-refractivity contribution in [1.29, 1.82) is 0 Å². The van der Waals surface area contributed by atoms with Crippen molar-refractivity contribution in [3.63, 3.8) is 0 Å². The lowest BCUT2D eigenvalue weighted by molar-refractivity contribution is -0.132. The minimum absolute atomic E-state index is 0.0105. The number of methoxy groups -OCH3 is 1. The number of rotatable bonds is 6. The Balaban J connectivity index is 1.51. The maximum atomic E-state index is 13.2. The number of piperazine rings is 1. The lowest BCUT2D eigenvalue weighted by Gasteiger charge is -2.36. The third-order valence-electron chi connectivity index (χ3n) is 6.17. The van der Waals surface area contributed by atoms with Crippen LogP contribution in [0.4, 0.5) is 5.69 Å². The molecule has 1 fully saturated rings. The smallest absolute Gasteiger partial charge is 0.242 e. The molecule has 0 atom stereocenters. The molecule has 6 heteroatoms. The Morgan fingerprint density at radius 1 is 0.938 bits per heavy atom. The van der Waals surface area contributed by atoms with Gasteiger partial charge in [0.1, 0.15) is 12.3 Å². The summed E-state index contributed by atoms with van der Waals surface area (Å²) < 4.78 is 7.46. The second-order valence-corrected chi connectivity index (χ2v) is 8.08. The standard InChI is InChI=1S/C26H29N3O3/c1-19-22(20(2)30)17-24(21-9-5-4-6-10-21)29(19)18-26(31)28-15-13-27(14-16-28)23-11-7-8-12-25(23)32-3/h4-12,17H,13-16,18H2,1-3H3. The van der Waals surface area contributed by atoms with Gasteiger partial charge in [-0.05, 0) is 37.6 Å². The molecule has 1 aliphatic rings. The van der Waals surface area contributed by atoms with Crippen LogP contribution in [0.5, 0.6) is 5.75 Å². The summed E-state index contributed by atoms with van der Waals surface area (Å²) in [6.07, 6.45) is 0. The quantitative estimate of drug-likeness (QED) is 0.553. The van der Waals surface area contributed by atoms with E-state index in [-0.39, 0.29) is 18.2 Å². The van der Waals surface area contributed by atoms with Crippen LogP contribution in [0.1, 0.15) is 23.0 Å². The van der Waals surface area contributed by atoms with Crippen LogP contribution in [0.25, 0.3) is 11.3 Å². The van der Waals surface area contributed by atoms with E-state index in [9.17, 15) is 9.59 Å². The molecule has 2 heterocycles. The van der Waals surface area contributed by atoms with Gasteiger partial charge in [-0.3, -0.25) is 9.59 Å². The summed E-state index contributed by atoms with van der Waals surface area (Å²) in [6, 6.07) is 19.8. The second kappa shape index (κ2) is 9.30. The van der Waals surface area contributed by atoms with Crippen molar-refractivity contribution in [1.82, 2.24) is 9.47 Å². The maximum Gasteiger partial charge on any atom is 0.242 e. The number of hydrogen-bond donors (Lipinski definition) is 0. The largest absolute Gasteiger partial charge is 0.495 e. The van der Waals surface area contributed by atoms with E-state index in [1.165, 1.54) is 0 Å². The molecule has 0 N–H and O–H groups in total. The first-order valence-electron chi connectivity index (χ1n) is 10.9. The predicted molar refractivity (Wildman–Crippen MR) is 126 cm³/mol. The first-order valence-corrected chi connectivity index (χ1v) is 10.9. The average molecular weight is 432 g/mol. The molecule has 6 nitrogen and oxygen atoms in total. The van der Waals surface area contributed by atoms with Crippen molar-refractivity contribution in [2.75, 3.05) is 38.2 Å². The molecule has 0 bridgehead atoms. The van der Waals surface area contributed by atoms with Crippen molar-refractivity contribution in [2.45, 2.75) is 20.4 Å². The number of hydrogen-bond acceptors (Lipinski definition) is 4. The number of Topliss-reactive ketones (excluding diaryl/α,β-unsaturated/α-hetero) is 1. The number of ketones is 1. The number of nitrogens with zero attached hydrogens (tertiary/aromatic N) is 3. The van der Waals surface area contributed by atoms with Crippen LogP contribution in [0, 0.1) is 6.92 Å². The highest BCUT2D eigenvalue weighted by molar-refractivity contribution is 5.97. The van der Waals surface area contributed by atoms with Gasteiger partial charge in [0.05, 0.1) is 12.8 Å². The molecule has 166 valence electrons. The molecule has 0 spiro atoms. The fourth-order valence-electron chi connectivity index (χ4n) is 4.38. The van der Waals surface area contributed by atoms with E-state index in [1.807, 2.05) is 71.0 Å². The van der Waals surface area contributed by atoms with Crippen LogP contribution in [0.15, 0.2) is 60.7 Å². The zero-order chi connectivity index (χ0) is 22.7. The normalized spacial score (nSPS) is 13.8. The van der Waals surface area contributed by atoms with E-state index in [2.05, 4.69) is 11.0 Å². The van der Waals surface area contributed by atoms with E-state index in [1.54, 1.807) is 14.0 Å². The third-order valence-corrected chi connectivity index (χ3v) is 6.17. The predicted octanol–water partition coefficient (Wildman–Crippen LogP) is 4.02. The average Bonchev–Trinajstić information content (AvgIpc) is 3.16. The summed E-state index contributed by atoms with van der Waals surface area (Å²) in [6.45, 7) is 6.51. The van der Waals surface area contributed by atoms with Gasteiger partial charge >= 0.3 is 0 Å². The number of para-hydroxylation sites is 2. The van der Waals surface area contributed by atoms with Gasteiger partial charge in [0, 0.05) is 43.1 Å². The van der Waals surface area contributed by atoms with E-state index < -0.39 is 0 Å². The van der Waals surface area contributed by atoms with Gasteiger partial charge in [-0.1, -0.05) is 42.5 Å². The van der Waals surface area contributed by atoms with Crippen LogP contribution in [0.2, 0.25) is 0 Å². The molecule has 1 saturated heterocycles. The summed E-state index contributed by atoms with van der Waals surface area (Å²) in [4.78, 5) is 29.5. The maximum absolute atomic E-state index is 13.2. The first kappa shape index (κ1) is 21.7. The molecule has 2 aromatic carbocycles. The van der Waals surface area contributed by atoms with Crippen molar-refractivity contribution >= 4 is 17.4 Å². The van der Waals surface area contributed by atoms with Crippen molar-refractivity contribution in [3.8, 4) is 17.0 Å². The van der Waals surface area contributed by atoms with Crippen molar-refractivity contribution in [2.24, 2.45) is 0 Å². The van der Waals surface area contributed by atoms with Gasteiger partial charge in [-0.15, -0.1) is 0 Å². The molecule has 0 radical (unpaired) electrons. The number of carbonyl (C=O) groups excluding carboxylic acids is 2. The highest BCUT2D eigenvalue weighted by Crippen LogP contribution is 2.29. The van der Waals surface area contributed by atoms with Crippen LogP contribution < -0.4 is 9.64 Å². The van der Waals surface area contributed by atoms with Crippen LogP contribution in [-0.2, 0) is 11.3 Å². The monoisotopic (exact) mass is 431 g/mol. The van der Waals surface area contributed by atoms with Gasteiger partial charge < -0.3 is 19.1 Å². The lowest BCUT2D eigenvalue weighted by Crippen LogP contribution is -2.49. The molecule has 0 aliphatic carbocycles. The molecular formula is C26H29N3O3. The first-order chi connectivity index (χ1) is 15.5. The van der Waals surface area contributed by atoms with Crippen LogP contribution >= 0.6 is 0 Å². The Hall–Kier alpha value is -3.54. The zero-order valence-corrected chi connectivity index (χ0v) is 18.9. The SMILES string of the molecule is COc1ccccc1N1CCN(C(=O)Cn2c(-c3ccccc3)cc(C(C)=O)c2C)CC1. The van der Waals surface area contributed by atoms with E-state index in [4.69, 9.17) is 4.74 Å². The number of aromatic nitrogens is 1. The molecule has 3 aromatic rings. The number of carbonyl (C=O) groups is 2. The van der Waals surface area contributed by atoms with Crippen molar-refractivity contribution < 1.29 is 14.3 Å². The summed E-state index contributed by atoms with van der Waals surface area (Å²) in [5.74, 6) is 0.923. The summed E-state index contributed by atoms with van der Waals surface area (Å²) in [5, 5.41) is 0. The van der Waals surface area contributed by atoms with Gasteiger partial charge in [-0.25, -0.2) is 0 Å². The van der Waals surface area contributed by atoms with Crippen LogP contribution in [0.3, 0.4) is 0 Å². The number of amides is 1. The van der Waals surface area contributed by atoms with E-state index in [0.717, 1.165) is 41.5 Å². The summed E-state index contributed by atoms with van der Waals surface area (Å²) in [5.41, 5.74) is 4.45. The zero-order valence-electron chi connectivity index (χ0n) is 18.9. The Bertz CT molecular complexity index is 1110. The molecular weight excluding hydrogens is 402 g/mol.